The number of methoxy groups -OCH3 is 1. The smallest absolute Gasteiger partial charge is 0.244 e. The Balaban J connectivity index is 2.45. The minimum absolute atomic E-state index is 0.0317. The van der Waals surface area contributed by atoms with Crippen LogP contribution >= 0.6 is 11.6 Å². The lowest BCUT2D eigenvalue weighted by atomic mass is 10.1. The Morgan fingerprint density at radius 1 is 1.12 bits per heavy atom. The quantitative estimate of drug-likeness (QED) is 0.526. The molecule has 0 saturated heterocycles. The molecule has 0 aliphatic rings. The average molecular weight is 514 g/mol. The van der Waals surface area contributed by atoms with Gasteiger partial charge in [-0.05, 0) is 56.7 Å². The minimum atomic E-state index is -3.94. The van der Waals surface area contributed by atoms with Crippen LogP contribution in [-0.2, 0) is 26.2 Å². The first kappa shape index (κ1) is 27.4. The van der Waals surface area contributed by atoms with E-state index in [4.69, 9.17) is 16.3 Å². The van der Waals surface area contributed by atoms with Gasteiger partial charge in [0.15, 0.2) is 0 Å². The zero-order valence-corrected chi connectivity index (χ0v) is 21.3. The van der Waals surface area contributed by atoms with E-state index in [0.29, 0.717) is 5.56 Å². The van der Waals surface area contributed by atoms with Gasteiger partial charge in [-0.1, -0.05) is 23.7 Å². The number of carbonyl (C=O) groups is 2. The van der Waals surface area contributed by atoms with E-state index in [1.807, 2.05) is 0 Å². The molecule has 2 aromatic rings. The lowest BCUT2D eigenvalue weighted by molar-refractivity contribution is -0.139. The molecule has 11 heteroatoms. The number of nitrogens with zero attached hydrogens (tertiary/aromatic N) is 2. The lowest BCUT2D eigenvalue weighted by Gasteiger charge is -2.32. The lowest BCUT2D eigenvalue weighted by Crippen LogP contribution is -2.52. The Bertz CT molecular complexity index is 1130. The summed E-state index contributed by atoms with van der Waals surface area (Å²) in [6.45, 7) is 4.48. The second-order valence-corrected chi connectivity index (χ2v) is 10.4. The number of nitrogens with one attached hydrogen (secondary N) is 1. The molecule has 0 spiro atoms. The van der Waals surface area contributed by atoms with Crippen molar-refractivity contribution in [2.45, 2.75) is 39.4 Å². The van der Waals surface area contributed by atoms with E-state index in [9.17, 15) is 22.4 Å². The number of ether oxygens (including phenoxy) is 1. The van der Waals surface area contributed by atoms with Crippen LogP contribution in [0.5, 0.6) is 5.75 Å². The van der Waals surface area contributed by atoms with Crippen LogP contribution < -0.4 is 14.4 Å². The van der Waals surface area contributed by atoms with Crippen molar-refractivity contribution in [3.05, 3.63) is 58.9 Å². The van der Waals surface area contributed by atoms with Crippen LogP contribution in [-0.4, -0.2) is 57.1 Å². The van der Waals surface area contributed by atoms with Gasteiger partial charge < -0.3 is 15.0 Å². The van der Waals surface area contributed by atoms with Gasteiger partial charge in [-0.15, -0.1) is 0 Å². The van der Waals surface area contributed by atoms with Crippen molar-refractivity contribution in [3.63, 3.8) is 0 Å². The number of sulfonamides is 1. The maximum absolute atomic E-state index is 13.5. The Morgan fingerprint density at radius 3 is 2.26 bits per heavy atom. The maximum Gasteiger partial charge on any atom is 0.244 e. The second-order valence-electron chi connectivity index (χ2n) is 8.07. The number of halogens is 2. The normalized spacial score (nSPS) is 12.2. The van der Waals surface area contributed by atoms with Crippen LogP contribution in [0.25, 0.3) is 0 Å². The molecule has 0 unspecified atom stereocenters. The molecule has 1 N–H and O–H groups in total. The monoisotopic (exact) mass is 513 g/mol. The van der Waals surface area contributed by atoms with Gasteiger partial charge in [0.1, 0.15) is 24.2 Å². The molecule has 0 aliphatic carbocycles. The van der Waals surface area contributed by atoms with E-state index >= 15 is 0 Å². The van der Waals surface area contributed by atoms with Gasteiger partial charge in [0, 0.05) is 17.6 Å². The predicted octanol–water partition coefficient (Wildman–Crippen LogP) is 3.20. The van der Waals surface area contributed by atoms with Crippen molar-refractivity contribution in [2.75, 3.05) is 24.2 Å². The molecule has 0 bridgehead atoms. The number of anilines is 1. The number of hydrogen-bond donors (Lipinski definition) is 1. The Morgan fingerprint density at radius 2 is 1.74 bits per heavy atom. The summed E-state index contributed by atoms with van der Waals surface area (Å²) >= 11 is 6.07. The van der Waals surface area contributed by atoms with Crippen LogP contribution in [0.15, 0.2) is 42.5 Å². The summed E-state index contributed by atoms with van der Waals surface area (Å²) in [5.74, 6) is -1.28. The summed E-state index contributed by atoms with van der Waals surface area (Å²) in [6.07, 6.45) is 0.958. The first-order valence-electron chi connectivity index (χ1n) is 10.5. The molecule has 34 heavy (non-hydrogen) atoms. The first-order chi connectivity index (χ1) is 15.8. The largest absolute Gasteiger partial charge is 0.495 e. The summed E-state index contributed by atoms with van der Waals surface area (Å²) in [7, 11) is -2.57. The molecule has 1 atom stereocenters. The van der Waals surface area contributed by atoms with Crippen LogP contribution in [0.2, 0.25) is 5.02 Å². The van der Waals surface area contributed by atoms with Crippen molar-refractivity contribution in [1.82, 2.24) is 10.2 Å². The van der Waals surface area contributed by atoms with Gasteiger partial charge in [0.25, 0.3) is 0 Å². The van der Waals surface area contributed by atoms with E-state index in [1.165, 1.54) is 54.5 Å². The summed E-state index contributed by atoms with van der Waals surface area (Å²) in [5.41, 5.74) is 0.664. The van der Waals surface area contributed by atoms with Crippen molar-refractivity contribution < 1.29 is 27.1 Å². The molecular weight excluding hydrogens is 485 g/mol. The molecule has 0 fully saturated rings. The fourth-order valence-corrected chi connectivity index (χ4v) is 4.24. The second kappa shape index (κ2) is 11.5. The fraction of sp³-hybridized carbons (Fsp3) is 0.391. The highest BCUT2D eigenvalue weighted by atomic mass is 35.5. The summed E-state index contributed by atoms with van der Waals surface area (Å²) < 4.78 is 44.8. The third-order valence-electron chi connectivity index (χ3n) is 4.95. The van der Waals surface area contributed by atoms with E-state index in [2.05, 4.69) is 5.32 Å². The fourth-order valence-electron chi connectivity index (χ4n) is 3.23. The molecule has 8 nitrogen and oxygen atoms in total. The molecule has 2 amide bonds. The Kier molecular flexibility index (Phi) is 9.29. The van der Waals surface area contributed by atoms with Gasteiger partial charge in [-0.2, -0.15) is 0 Å². The third-order valence-corrected chi connectivity index (χ3v) is 6.31. The highest BCUT2D eigenvalue weighted by molar-refractivity contribution is 7.92. The summed E-state index contributed by atoms with van der Waals surface area (Å²) in [6, 6.07) is 8.80. The average Bonchev–Trinajstić information content (AvgIpc) is 2.75. The van der Waals surface area contributed by atoms with Crippen LogP contribution in [0.3, 0.4) is 0 Å². The molecule has 0 radical (unpaired) electrons. The van der Waals surface area contributed by atoms with Gasteiger partial charge in [0.05, 0.1) is 19.1 Å². The molecule has 186 valence electrons. The van der Waals surface area contributed by atoms with Crippen molar-refractivity contribution >= 4 is 39.1 Å². The van der Waals surface area contributed by atoms with E-state index in [-0.39, 0.29) is 29.0 Å². The van der Waals surface area contributed by atoms with Gasteiger partial charge in [0.2, 0.25) is 21.8 Å². The zero-order chi connectivity index (χ0) is 25.6. The number of amides is 2. The summed E-state index contributed by atoms with van der Waals surface area (Å²) in [4.78, 5) is 27.4. The Hall–Kier alpha value is -2.85. The van der Waals surface area contributed by atoms with E-state index in [0.717, 1.165) is 10.6 Å². The van der Waals surface area contributed by atoms with E-state index in [1.54, 1.807) is 20.8 Å². The number of carbonyl (C=O) groups excluding carboxylic acids is 2. The minimum Gasteiger partial charge on any atom is -0.495 e. The number of hydrogen-bond acceptors (Lipinski definition) is 5. The first-order valence-corrected chi connectivity index (χ1v) is 12.7. The van der Waals surface area contributed by atoms with Gasteiger partial charge >= 0.3 is 0 Å². The maximum atomic E-state index is 13.5. The van der Waals surface area contributed by atoms with Crippen LogP contribution in [0, 0.1) is 5.82 Å². The van der Waals surface area contributed by atoms with Gasteiger partial charge in [-0.25, -0.2) is 12.8 Å². The van der Waals surface area contributed by atoms with Crippen LogP contribution in [0.4, 0.5) is 10.1 Å². The van der Waals surface area contributed by atoms with Crippen molar-refractivity contribution in [1.29, 1.82) is 0 Å². The topological polar surface area (TPSA) is 96.0 Å². The van der Waals surface area contributed by atoms with Crippen molar-refractivity contribution in [3.8, 4) is 5.75 Å². The highest BCUT2D eigenvalue weighted by Gasteiger charge is 2.31. The van der Waals surface area contributed by atoms with Crippen molar-refractivity contribution in [2.24, 2.45) is 0 Å². The Labute approximate surface area is 204 Å². The highest BCUT2D eigenvalue weighted by Crippen LogP contribution is 2.33. The molecule has 0 saturated carbocycles. The van der Waals surface area contributed by atoms with Gasteiger partial charge in [-0.3, -0.25) is 13.9 Å². The molecule has 2 rings (SSSR count). The SMILES string of the molecule is COc1ccc(Cl)cc1N(CC(=O)N(Cc1ccc(F)cc1)[C@@H](C)C(=O)NC(C)C)S(C)(=O)=O. The molecule has 0 aliphatic heterocycles. The van der Waals surface area contributed by atoms with E-state index < -0.39 is 40.2 Å². The number of benzene rings is 2. The third kappa shape index (κ3) is 7.33. The van der Waals surface area contributed by atoms with Crippen LogP contribution in [0.1, 0.15) is 26.3 Å². The summed E-state index contributed by atoms with van der Waals surface area (Å²) in [5, 5.41) is 3.01. The number of rotatable bonds is 10. The standard InChI is InChI=1S/C23H29ClFN3O5S/c1-15(2)26-23(30)16(3)27(13-17-6-9-19(25)10-7-17)22(29)14-28(34(5,31)32)20-12-18(24)8-11-21(20)33-4/h6-12,15-16H,13-14H2,1-5H3,(H,26,30)/t16-/m0/s1. The zero-order valence-electron chi connectivity index (χ0n) is 19.7. The molecule has 0 aromatic heterocycles. The molecule has 2 aromatic carbocycles. The molecular formula is C23H29ClFN3O5S. The molecule has 0 heterocycles. The predicted molar refractivity (Wildman–Crippen MR) is 130 cm³/mol.